The van der Waals surface area contributed by atoms with Crippen LogP contribution in [0.15, 0.2) is 78.1 Å². The van der Waals surface area contributed by atoms with Crippen LogP contribution < -0.4 is 5.32 Å². The lowest BCUT2D eigenvalue weighted by atomic mass is 10.0. The Hall–Kier alpha value is -3.32. The Labute approximate surface area is 166 Å². The van der Waals surface area contributed by atoms with Gasteiger partial charge in [-0.1, -0.05) is 24.3 Å². The summed E-state index contributed by atoms with van der Waals surface area (Å²) in [5.74, 6) is -0.124. The van der Waals surface area contributed by atoms with Crippen LogP contribution in [0.4, 0.5) is 0 Å². The molecule has 1 N–H and O–H groups in total. The van der Waals surface area contributed by atoms with E-state index in [1.54, 1.807) is 28.5 Å². The van der Waals surface area contributed by atoms with Crippen molar-refractivity contribution in [2.24, 2.45) is 0 Å². The predicted molar refractivity (Wildman–Crippen MR) is 108 cm³/mol. The number of carbonyl (C=O) groups is 1. The third-order valence-electron chi connectivity index (χ3n) is 4.43. The fourth-order valence-corrected chi connectivity index (χ4v) is 3.74. The number of aromatic nitrogens is 4. The smallest absolute Gasteiger partial charge is 0.252 e. The van der Waals surface area contributed by atoms with Crippen LogP contribution in [-0.2, 0) is 13.0 Å². The average molecular weight is 389 g/mol. The molecule has 1 unspecified atom stereocenters. The molecule has 0 aliphatic heterocycles. The highest BCUT2D eigenvalue weighted by Gasteiger charge is 2.19. The highest BCUT2D eigenvalue weighted by molar-refractivity contribution is 7.07. The first-order valence-electron chi connectivity index (χ1n) is 8.93. The van der Waals surface area contributed by atoms with E-state index in [0.717, 1.165) is 11.3 Å². The summed E-state index contributed by atoms with van der Waals surface area (Å²) >= 11 is 1.65. The van der Waals surface area contributed by atoms with Crippen molar-refractivity contribution in [2.75, 3.05) is 0 Å². The van der Waals surface area contributed by atoms with E-state index in [1.165, 1.54) is 11.9 Å². The summed E-state index contributed by atoms with van der Waals surface area (Å²) in [5.41, 5.74) is 3.54. The molecule has 28 heavy (non-hydrogen) atoms. The van der Waals surface area contributed by atoms with Gasteiger partial charge in [-0.25, -0.2) is 9.67 Å². The van der Waals surface area contributed by atoms with Gasteiger partial charge in [-0.3, -0.25) is 9.78 Å². The molecule has 0 bridgehead atoms. The molecule has 140 valence electrons. The Kier molecular flexibility index (Phi) is 5.53. The second kappa shape index (κ2) is 8.58. The summed E-state index contributed by atoms with van der Waals surface area (Å²) in [6, 6.07) is 15.2. The van der Waals surface area contributed by atoms with Gasteiger partial charge in [0, 0.05) is 11.8 Å². The number of hydrogen-bond acceptors (Lipinski definition) is 5. The molecule has 4 rings (SSSR count). The van der Waals surface area contributed by atoms with Crippen molar-refractivity contribution >= 4 is 17.2 Å². The van der Waals surface area contributed by atoms with Crippen molar-refractivity contribution < 1.29 is 4.79 Å². The second-order valence-corrected chi connectivity index (χ2v) is 7.15. The summed E-state index contributed by atoms with van der Waals surface area (Å²) in [6.45, 7) is 0.488. The van der Waals surface area contributed by atoms with Gasteiger partial charge in [-0.15, -0.1) is 0 Å². The predicted octanol–water partition coefficient (Wildman–Crippen LogP) is 3.50. The lowest BCUT2D eigenvalue weighted by molar-refractivity contribution is 0.0934. The minimum Gasteiger partial charge on any atom is -0.343 e. The minimum absolute atomic E-state index is 0.124. The van der Waals surface area contributed by atoms with Crippen LogP contribution in [0.25, 0.3) is 0 Å². The molecule has 1 aromatic carbocycles. The van der Waals surface area contributed by atoms with E-state index >= 15 is 0 Å². The van der Waals surface area contributed by atoms with Crippen LogP contribution in [0.2, 0.25) is 0 Å². The van der Waals surface area contributed by atoms with Crippen LogP contribution in [-0.4, -0.2) is 25.7 Å². The van der Waals surface area contributed by atoms with Crippen molar-refractivity contribution in [3.63, 3.8) is 0 Å². The maximum absolute atomic E-state index is 13.1. The highest BCUT2D eigenvalue weighted by Crippen LogP contribution is 2.20. The number of amides is 1. The standard InChI is InChI=1S/C21H19N5OS/c27-21(18-6-2-1-5-17(18)12-26-15-22-14-24-26)25-20(11-16-8-10-28-13-16)19-7-3-4-9-23-19/h1-10,13-15,20H,11-12H2,(H,25,27). The summed E-state index contributed by atoms with van der Waals surface area (Å²) in [6.07, 6.45) is 5.57. The Morgan fingerprint density at radius 3 is 2.79 bits per heavy atom. The maximum Gasteiger partial charge on any atom is 0.252 e. The van der Waals surface area contributed by atoms with E-state index in [-0.39, 0.29) is 11.9 Å². The summed E-state index contributed by atoms with van der Waals surface area (Å²) < 4.78 is 1.70. The molecule has 0 saturated heterocycles. The van der Waals surface area contributed by atoms with Gasteiger partial charge >= 0.3 is 0 Å². The molecule has 0 saturated carbocycles. The van der Waals surface area contributed by atoms with Gasteiger partial charge in [0.1, 0.15) is 12.7 Å². The number of thiophene rings is 1. The van der Waals surface area contributed by atoms with Crippen LogP contribution in [0.1, 0.15) is 33.2 Å². The molecule has 0 radical (unpaired) electrons. The largest absolute Gasteiger partial charge is 0.343 e. The van der Waals surface area contributed by atoms with Gasteiger partial charge in [-0.05, 0) is 52.6 Å². The number of nitrogens with zero attached hydrogens (tertiary/aromatic N) is 4. The molecule has 3 aromatic heterocycles. The molecule has 0 aliphatic carbocycles. The molecule has 6 nitrogen and oxygen atoms in total. The van der Waals surface area contributed by atoms with Crippen LogP contribution >= 0.6 is 11.3 Å². The average Bonchev–Trinajstić information content (AvgIpc) is 3.43. The molecule has 0 fully saturated rings. The number of hydrogen-bond donors (Lipinski definition) is 1. The van der Waals surface area contributed by atoms with E-state index < -0.39 is 0 Å². The number of nitrogens with one attached hydrogen (secondary N) is 1. The van der Waals surface area contributed by atoms with Gasteiger partial charge < -0.3 is 5.32 Å². The number of pyridine rings is 1. The Morgan fingerprint density at radius 1 is 1.14 bits per heavy atom. The maximum atomic E-state index is 13.1. The summed E-state index contributed by atoms with van der Waals surface area (Å²) in [7, 11) is 0. The van der Waals surface area contributed by atoms with Gasteiger partial charge in [0.2, 0.25) is 0 Å². The molecular weight excluding hydrogens is 370 g/mol. The Morgan fingerprint density at radius 2 is 2.04 bits per heavy atom. The molecule has 0 spiro atoms. The van der Waals surface area contributed by atoms with Crippen molar-refractivity contribution in [2.45, 2.75) is 19.0 Å². The molecular formula is C21H19N5OS. The second-order valence-electron chi connectivity index (χ2n) is 6.37. The molecule has 1 atom stereocenters. The van der Waals surface area contributed by atoms with Crippen molar-refractivity contribution in [3.8, 4) is 0 Å². The van der Waals surface area contributed by atoms with E-state index in [1.807, 2.05) is 47.8 Å². The van der Waals surface area contributed by atoms with Crippen LogP contribution in [0, 0.1) is 0 Å². The zero-order chi connectivity index (χ0) is 19.2. The van der Waals surface area contributed by atoms with Crippen molar-refractivity contribution in [1.82, 2.24) is 25.1 Å². The number of benzene rings is 1. The fraction of sp³-hybridized carbons (Fsp3) is 0.143. The summed E-state index contributed by atoms with van der Waals surface area (Å²) in [4.78, 5) is 21.5. The van der Waals surface area contributed by atoms with Crippen molar-refractivity contribution in [1.29, 1.82) is 0 Å². The zero-order valence-electron chi connectivity index (χ0n) is 15.1. The number of carbonyl (C=O) groups excluding carboxylic acids is 1. The Bertz CT molecular complexity index is 1020. The van der Waals surface area contributed by atoms with Gasteiger partial charge in [0.15, 0.2) is 0 Å². The first kappa shape index (κ1) is 18.1. The van der Waals surface area contributed by atoms with Gasteiger partial charge in [0.05, 0.1) is 18.3 Å². The topological polar surface area (TPSA) is 72.7 Å². The van der Waals surface area contributed by atoms with E-state index in [9.17, 15) is 4.79 Å². The molecule has 4 aromatic rings. The summed E-state index contributed by atoms with van der Waals surface area (Å²) in [5, 5.41) is 11.4. The quantitative estimate of drug-likeness (QED) is 0.525. The minimum atomic E-state index is -0.206. The van der Waals surface area contributed by atoms with Gasteiger partial charge in [0.25, 0.3) is 5.91 Å². The first-order valence-corrected chi connectivity index (χ1v) is 9.87. The third kappa shape index (κ3) is 4.32. The lowest BCUT2D eigenvalue weighted by Crippen LogP contribution is -2.31. The molecule has 1 amide bonds. The van der Waals surface area contributed by atoms with E-state index in [2.05, 4.69) is 31.8 Å². The van der Waals surface area contributed by atoms with Gasteiger partial charge in [-0.2, -0.15) is 16.4 Å². The first-order chi connectivity index (χ1) is 13.8. The highest BCUT2D eigenvalue weighted by atomic mass is 32.1. The lowest BCUT2D eigenvalue weighted by Gasteiger charge is -2.19. The van der Waals surface area contributed by atoms with E-state index in [0.29, 0.717) is 18.5 Å². The SMILES string of the molecule is O=C(NC(Cc1ccsc1)c1ccccn1)c1ccccc1Cn1cncn1. The number of rotatable bonds is 7. The molecule has 7 heteroatoms. The Balaban J connectivity index is 1.58. The third-order valence-corrected chi connectivity index (χ3v) is 5.16. The van der Waals surface area contributed by atoms with Crippen molar-refractivity contribution in [3.05, 3.63) is 101 Å². The fourth-order valence-electron chi connectivity index (χ4n) is 3.06. The monoisotopic (exact) mass is 389 g/mol. The van der Waals surface area contributed by atoms with E-state index in [4.69, 9.17) is 0 Å². The van der Waals surface area contributed by atoms with Crippen LogP contribution in [0.5, 0.6) is 0 Å². The molecule has 3 heterocycles. The molecule has 0 aliphatic rings. The normalized spacial score (nSPS) is 11.9. The van der Waals surface area contributed by atoms with Crippen LogP contribution in [0.3, 0.4) is 0 Å². The zero-order valence-corrected chi connectivity index (χ0v) is 15.9.